The van der Waals surface area contributed by atoms with Gasteiger partial charge in [0.2, 0.25) is 0 Å². The summed E-state index contributed by atoms with van der Waals surface area (Å²) < 4.78 is 21.2. The molecular formula is C18H26FN3O. The van der Waals surface area contributed by atoms with E-state index >= 15 is 0 Å². The van der Waals surface area contributed by atoms with Gasteiger partial charge in [-0.25, -0.2) is 4.39 Å². The number of aryl methyl sites for hydroxylation is 2. The van der Waals surface area contributed by atoms with Gasteiger partial charge >= 0.3 is 0 Å². The molecule has 0 bridgehead atoms. The Bertz CT molecular complexity index is 681. The van der Waals surface area contributed by atoms with E-state index in [1.165, 1.54) is 18.7 Å². The van der Waals surface area contributed by atoms with E-state index in [9.17, 15) is 4.39 Å². The number of ether oxygens (including phenoxy) is 1. The quantitative estimate of drug-likeness (QED) is 0.875. The second-order valence-electron chi connectivity index (χ2n) is 5.94. The molecule has 1 heterocycles. The number of methoxy groups -OCH3 is 1. The molecule has 0 fully saturated rings. The lowest BCUT2D eigenvalue weighted by molar-refractivity contribution is 0.406. The smallest absolute Gasteiger partial charge is 0.131 e. The normalized spacial score (nSPS) is 13.9. The van der Waals surface area contributed by atoms with Crippen molar-refractivity contribution in [2.45, 2.75) is 46.2 Å². The lowest BCUT2D eigenvalue weighted by atomic mass is 9.99. The summed E-state index contributed by atoms with van der Waals surface area (Å²) in [4.78, 5) is 0. The van der Waals surface area contributed by atoms with Crippen LogP contribution in [0.4, 0.5) is 4.39 Å². The third-order valence-corrected chi connectivity index (χ3v) is 4.45. The van der Waals surface area contributed by atoms with E-state index in [0.29, 0.717) is 11.3 Å². The Hall–Kier alpha value is -1.88. The lowest BCUT2D eigenvalue weighted by Crippen LogP contribution is -2.25. The highest BCUT2D eigenvalue weighted by Gasteiger charge is 2.22. The third kappa shape index (κ3) is 3.55. The monoisotopic (exact) mass is 319 g/mol. The standard InChI is InChI=1S/C18H26FN3O/c1-7-17(18-12(3)21-22(5)13(18)4)20-11(2)15-9-8-14(23-6)10-16(15)19/h8-11,17,20H,7H2,1-6H3/t11-,17-/m0/s1. The maximum absolute atomic E-state index is 14.3. The molecule has 2 atom stereocenters. The number of halogens is 1. The van der Waals surface area contributed by atoms with Crippen molar-refractivity contribution in [1.82, 2.24) is 15.1 Å². The highest BCUT2D eigenvalue weighted by molar-refractivity contribution is 5.32. The Balaban J connectivity index is 2.25. The molecule has 4 nitrogen and oxygen atoms in total. The number of aromatic nitrogens is 2. The average Bonchev–Trinajstić information content (AvgIpc) is 2.77. The average molecular weight is 319 g/mol. The van der Waals surface area contributed by atoms with Crippen molar-refractivity contribution in [3.05, 3.63) is 46.5 Å². The second kappa shape index (κ2) is 7.13. The van der Waals surface area contributed by atoms with Crippen molar-refractivity contribution < 1.29 is 9.13 Å². The molecular weight excluding hydrogens is 293 g/mol. The van der Waals surface area contributed by atoms with E-state index in [2.05, 4.69) is 24.3 Å². The van der Waals surface area contributed by atoms with Crippen molar-refractivity contribution in [3.8, 4) is 5.75 Å². The first-order valence-corrected chi connectivity index (χ1v) is 7.98. The van der Waals surface area contributed by atoms with E-state index in [4.69, 9.17) is 4.74 Å². The summed E-state index contributed by atoms with van der Waals surface area (Å²) in [6, 6.07) is 5.03. The van der Waals surface area contributed by atoms with E-state index in [1.54, 1.807) is 12.1 Å². The molecule has 2 rings (SSSR count). The molecule has 1 N–H and O–H groups in total. The van der Waals surface area contributed by atoms with Gasteiger partial charge in [0.05, 0.1) is 12.8 Å². The van der Waals surface area contributed by atoms with Gasteiger partial charge in [-0.1, -0.05) is 13.0 Å². The van der Waals surface area contributed by atoms with Crippen LogP contribution in [0.3, 0.4) is 0 Å². The van der Waals surface area contributed by atoms with Crippen LogP contribution in [-0.2, 0) is 7.05 Å². The van der Waals surface area contributed by atoms with Crippen LogP contribution in [0.25, 0.3) is 0 Å². The maximum atomic E-state index is 14.3. The Kier molecular flexibility index (Phi) is 5.42. The number of hydrogen-bond acceptors (Lipinski definition) is 3. The zero-order valence-corrected chi connectivity index (χ0v) is 14.8. The van der Waals surface area contributed by atoms with Crippen LogP contribution in [0.15, 0.2) is 18.2 Å². The Labute approximate surface area is 137 Å². The van der Waals surface area contributed by atoms with Gasteiger partial charge in [-0.2, -0.15) is 5.10 Å². The van der Waals surface area contributed by atoms with Crippen LogP contribution >= 0.6 is 0 Å². The minimum atomic E-state index is -0.251. The van der Waals surface area contributed by atoms with Crippen LogP contribution in [-0.4, -0.2) is 16.9 Å². The molecule has 2 aromatic rings. The van der Waals surface area contributed by atoms with Crippen molar-refractivity contribution in [3.63, 3.8) is 0 Å². The molecule has 0 spiro atoms. The second-order valence-corrected chi connectivity index (χ2v) is 5.94. The Morgan fingerprint density at radius 3 is 2.52 bits per heavy atom. The molecule has 23 heavy (non-hydrogen) atoms. The van der Waals surface area contributed by atoms with Gasteiger partial charge in [-0.3, -0.25) is 4.68 Å². The summed E-state index contributed by atoms with van der Waals surface area (Å²) in [5.74, 6) is 0.281. The molecule has 0 saturated carbocycles. The van der Waals surface area contributed by atoms with Gasteiger partial charge in [0.15, 0.2) is 0 Å². The minimum absolute atomic E-state index is 0.107. The fourth-order valence-corrected chi connectivity index (χ4v) is 3.08. The van der Waals surface area contributed by atoms with Crippen LogP contribution in [0.1, 0.15) is 54.9 Å². The van der Waals surface area contributed by atoms with E-state index in [0.717, 1.165) is 17.8 Å². The lowest BCUT2D eigenvalue weighted by Gasteiger charge is -2.24. The predicted molar refractivity (Wildman–Crippen MR) is 90.2 cm³/mol. The number of benzene rings is 1. The zero-order valence-electron chi connectivity index (χ0n) is 14.8. The molecule has 1 aromatic heterocycles. The first-order chi connectivity index (χ1) is 10.9. The molecule has 0 amide bonds. The van der Waals surface area contributed by atoms with Gasteiger partial charge < -0.3 is 10.1 Å². The largest absolute Gasteiger partial charge is 0.497 e. The van der Waals surface area contributed by atoms with Gasteiger partial charge in [0.1, 0.15) is 11.6 Å². The summed E-state index contributed by atoms with van der Waals surface area (Å²) in [6.45, 7) is 8.19. The SMILES string of the molecule is CC[C@H](N[C@@H](C)c1ccc(OC)cc1F)c1c(C)nn(C)c1C. The van der Waals surface area contributed by atoms with Crippen molar-refractivity contribution >= 4 is 0 Å². The topological polar surface area (TPSA) is 39.1 Å². The molecule has 0 aliphatic heterocycles. The van der Waals surface area contributed by atoms with Crippen molar-refractivity contribution in [2.24, 2.45) is 7.05 Å². The predicted octanol–water partition coefficient (Wildman–Crippen LogP) is 3.99. The van der Waals surface area contributed by atoms with E-state index in [1.807, 2.05) is 25.6 Å². The molecule has 0 radical (unpaired) electrons. The van der Waals surface area contributed by atoms with Gasteiger partial charge in [0, 0.05) is 42.0 Å². The van der Waals surface area contributed by atoms with Crippen LogP contribution in [0.5, 0.6) is 5.75 Å². The molecule has 0 unspecified atom stereocenters. The molecule has 5 heteroatoms. The third-order valence-electron chi connectivity index (χ3n) is 4.45. The first kappa shape index (κ1) is 17.5. The summed E-state index contributed by atoms with van der Waals surface area (Å²) >= 11 is 0. The van der Waals surface area contributed by atoms with Gasteiger partial charge in [-0.05, 0) is 33.3 Å². The Morgan fingerprint density at radius 1 is 1.35 bits per heavy atom. The van der Waals surface area contributed by atoms with Crippen LogP contribution in [0, 0.1) is 19.7 Å². The van der Waals surface area contributed by atoms with Crippen LogP contribution in [0.2, 0.25) is 0 Å². The first-order valence-electron chi connectivity index (χ1n) is 7.98. The van der Waals surface area contributed by atoms with Crippen molar-refractivity contribution in [2.75, 3.05) is 7.11 Å². The fraction of sp³-hybridized carbons (Fsp3) is 0.500. The number of rotatable bonds is 6. The van der Waals surface area contributed by atoms with E-state index < -0.39 is 0 Å². The minimum Gasteiger partial charge on any atom is -0.497 e. The molecule has 1 aromatic carbocycles. The van der Waals surface area contributed by atoms with E-state index in [-0.39, 0.29) is 17.9 Å². The van der Waals surface area contributed by atoms with Gasteiger partial charge in [0.25, 0.3) is 0 Å². The number of hydrogen-bond donors (Lipinski definition) is 1. The highest BCUT2D eigenvalue weighted by Crippen LogP contribution is 2.28. The number of nitrogens with zero attached hydrogens (tertiary/aromatic N) is 2. The van der Waals surface area contributed by atoms with Gasteiger partial charge in [-0.15, -0.1) is 0 Å². The molecule has 0 aliphatic carbocycles. The van der Waals surface area contributed by atoms with Crippen LogP contribution < -0.4 is 10.1 Å². The summed E-state index contributed by atoms with van der Waals surface area (Å²) in [7, 11) is 3.49. The highest BCUT2D eigenvalue weighted by atomic mass is 19.1. The summed E-state index contributed by atoms with van der Waals surface area (Å²) in [6.07, 6.45) is 0.912. The summed E-state index contributed by atoms with van der Waals surface area (Å²) in [5, 5.41) is 8.02. The molecule has 0 saturated heterocycles. The molecule has 0 aliphatic rings. The number of nitrogens with one attached hydrogen (secondary N) is 1. The fourth-order valence-electron chi connectivity index (χ4n) is 3.08. The summed E-state index contributed by atoms with van der Waals surface area (Å²) in [5.41, 5.74) is 4.01. The Morgan fingerprint density at radius 2 is 2.04 bits per heavy atom. The maximum Gasteiger partial charge on any atom is 0.131 e. The van der Waals surface area contributed by atoms with Crippen molar-refractivity contribution in [1.29, 1.82) is 0 Å². The molecule has 126 valence electrons. The zero-order chi connectivity index (χ0) is 17.1.